The van der Waals surface area contributed by atoms with Gasteiger partial charge in [-0.05, 0) is 25.7 Å². The van der Waals surface area contributed by atoms with Gasteiger partial charge in [-0.2, -0.15) is 0 Å². The lowest BCUT2D eigenvalue weighted by Crippen LogP contribution is -2.55. The van der Waals surface area contributed by atoms with E-state index >= 15 is 0 Å². The second-order valence-corrected chi connectivity index (χ2v) is 4.11. The summed E-state index contributed by atoms with van der Waals surface area (Å²) in [5, 5.41) is 29.9. The van der Waals surface area contributed by atoms with Crippen LogP contribution in [0.5, 0.6) is 0 Å². The van der Waals surface area contributed by atoms with Crippen molar-refractivity contribution in [2.45, 2.75) is 63.3 Å². The second-order valence-electron chi connectivity index (χ2n) is 4.11. The minimum absolute atomic E-state index is 0.407. The summed E-state index contributed by atoms with van der Waals surface area (Å²) in [6.45, 7) is 3.77. The summed E-state index contributed by atoms with van der Waals surface area (Å²) in [6, 6.07) is 0. The average molecular weight is 188 g/mol. The highest BCUT2D eigenvalue weighted by Gasteiger charge is 2.56. The summed E-state index contributed by atoms with van der Waals surface area (Å²) in [5.74, 6) is 0. The van der Waals surface area contributed by atoms with E-state index in [2.05, 4.69) is 0 Å². The van der Waals surface area contributed by atoms with Crippen LogP contribution in [0, 0.1) is 0 Å². The van der Waals surface area contributed by atoms with Crippen molar-refractivity contribution in [1.29, 1.82) is 0 Å². The van der Waals surface area contributed by atoms with Crippen molar-refractivity contribution in [3.63, 3.8) is 0 Å². The second kappa shape index (κ2) is 3.56. The van der Waals surface area contributed by atoms with E-state index in [0.717, 1.165) is 6.42 Å². The molecule has 1 rings (SSSR count). The summed E-state index contributed by atoms with van der Waals surface area (Å²) in [5.41, 5.74) is -2.36. The van der Waals surface area contributed by atoms with E-state index in [1.54, 1.807) is 6.92 Å². The monoisotopic (exact) mass is 188 g/mol. The third kappa shape index (κ3) is 1.49. The molecule has 0 aromatic rings. The molecule has 0 aliphatic heterocycles. The van der Waals surface area contributed by atoms with Crippen LogP contribution in [0.2, 0.25) is 0 Å². The van der Waals surface area contributed by atoms with Gasteiger partial charge >= 0.3 is 0 Å². The molecule has 0 radical (unpaired) electrons. The molecule has 1 aliphatic carbocycles. The Kier molecular flexibility index (Phi) is 3.00. The van der Waals surface area contributed by atoms with Crippen LogP contribution in [0.25, 0.3) is 0 Å². The fourth-order valence-electron chi connectivity index (χ4n) is 2.46. The molecule has 3 nitrogen and oxygen atoms in total. The van der Waals surface area contributed by atoms with Gasteiger partial charge in [0.15, 0.2) is 0 Å². The Morgan fingerprint density at radius 2 is 1.92 bits per heavy atom. The van der Waals surface area contributed by atoms with E-state index in [-0.39, 0.29) is 0 Å². The Morgan fingerprint density at radius 1 is 1.31 bits per heavy atom. The number of hydrogen-bond acceptors (Lipinski definition) is 3. The normalized spacial score (nSPS) is 45.5. The molecule has 1 fully saturated rings. The zero-order valence-corrected chi connectivity index (χ0v) is 8.45. The molecular weight excluding hydrogens is 168 g/mol. The first-order valence-electron chi connectivity index (χ1n) is 5.13. The summed E-state index contributed by atoms with van der Waals surface area (Å²) >= 11 is 0. The number of aliphatic hydroxyl groups excluding tert-OH is 1. The molecule has 0 spiro atoms. The summed E-state index contributed by atoms with van der Waals surface area (Å²) in [4.78, 5) is 0. The van der Waals surface area contributed by atoms with Crippen LogP contribution in [0.1, 0.15) is 46.0 Å². The molecule has 0 heterocycles. The Labute approximate surface area is 79.4 Å². The molecule has 0 saturated heterocycles. The van der Waals surface area contributed by atoms with Crippen LogP contribution in [0.3, 0.4) is 0 Å². The molecule has 13 heavy (non-hydrogen) atoms. The SMILES string of the molecule is CCCC1(O)CCC(O)C1(O)CC. The lowest BCUT2D eigenvalue weighted by atomic mass is 9.80. The van der Waals surface area contributed by atoms with Crippen LogP contribution in [-0.2, 0) is 0 Å². The Hall–Kier alpha value is -0.120. The van der Waals surface area contributed by atoms with Gasteiger partial charge in [0.05, 0.1) is 11.7 Å². The fraction of sp³-hybridized carbons (Fsp3) is 1.00. The van der Waals surface area contributed by atoms with Crippen molar-refractivity contribution in [1.82, 2.24) is 0 Å². The summed E-state index contributed by atoms with van der Waals surface area (Å²) in [6.07, 6.45) is 2.03. The quantitative estimate of drug-likeness (QED) is 0.614. The van der Waals surface area contributed by atoms with Gasteiger partial charge < -0.3 is 15.3 Å². The van der Waals surface area contributed by atoms with Crippen molar-refractivity contribution in [3.8, 4) is 0 Å². The molecule has 0 aromatic heterocycles. The van der Waals surface area contributed by atoms with Gasteiger partial charge in [0.1, 0.15) is 5.60 Å². The number of aliphatic hydroxyl groups is 3. The minimum atomic E-state index is -1.29. The molecule has 3 N–H and O–H groups in total. The number of rotatable bonds is 3. The van der Waals surface area contributed by atoms with Gasteiger partial charge in [0.2, 0.25) is 0 Å². The van der Waals surface area contributed by atoms with Crippen molar-refractivity contribution < 1.29 is 15.3 Å². The summed E-state index contributed by atoms with van der Waals surface area (Å²) < 4.78 is 0. The maximum Gasteiger partial charge on any atom is 0.119 e. The average Bonchev–Trinajstić information content (AvgIpc) is 2.32. The molecule has 1 saturated carbocycles. The zero-order valence-electron chi connectivity index (χ0n) is 8.45. The maximum atomic E-state index is 10.2. The maximum absolute atomic E-state index is 10.2. The molecule has 1 aliphatic rings. The molecule has 3 heteroatoms. The van der Waals surface area contributed by atoms with Crippen LogP contribution >= 0.6 is 0 Å². The predicted octanol–water partition coefficient (Wildman–Crippen LogP) is 0.813. The molecule has 0 bridgehead atoms. The van der Waals surface area contributed by atoms with Gasteiger partial charge in [-0.3, -0.25) is 0 Å². The van der Waals surface area contributed by atoms with Crippen molar-refractivity contribution in [2.75, 3.05) is 0 Å². The first kappa shape index (κ1) is 11.0. The molecule has 78 valence electrons. The Morgan fingerprint density at radius 3 is 2.38 bits per heavy atom. The summed E-state index contributed by atoms with van der Waals surface area (Å²) in [7, 11) is 0. The first-order valence-corrected chi connectivity index (χ1v) is 5.13. The van der Waals surface area contributed by atoms with Crippen LogP contribution in [-0.4, -0.2) is 32.6 Å². The first-order chi connectivity index (χ1) is 6.00. The van der Waals surface area contributed by atoms with Gasteiger partial charge in [0, 0.05) is 0 Å². The standard InChI is InChI=1S/C10H20O3/c1-3-6-9(12)7-5-8(11)10(9,13)4-2/h8,11-13H,3-7H2,1-2H3. The fourth-order valence-corrected chi connectivity index (χ4v) is 2.46. The molecule has 3 atom stereocenters. The van der Waals surface area contributed by atoms with Crippen molar-refractivity contribution in [3.05, 3.63) is 0 Å². The Balaban J connectivity index is 2.85. The van der Waals surface area contributed by atoms with Gasteiger partial charge in [-0.25, -0.2) is 0 Å². The zero-order chi connectivity index (χ0) is 10.1. The minimum Gasteiger partial charge on any atom is -0.390 e. The van der Waals surface area contributed by atoms with E-state index < -0.39 is 17.3 Å². The lowest BCUT2D eigenvalue weighted by Gasteiger charge is -2.39. The largest absolute Gasteiger partial charge is 0.390 e. The molecule has 0 amide bonds. The van der Waals surface area contributed by atoms with Crippen LogP contribution in [0.4, 0.5) is 0 Å². The van der Waals surface area contributed by atoms with Gasteiger partial charge in [-0.1, -0.05) is 20.3 Å². The topological polar surface area (TPSA) is 60.7 Å². The molecular formula is C10H20O3. The third-order valence-electron chi connectivity index (χ3n) is 3.39. The highest BCUT2D eigenvalue weighted by Crippen LogP contribution is 2.44. The Bertz CT molecular complexity index is 179. The van der Waals surface area contributed by atoms with Crippen molar-refractivity contribution in [2.24, 2.45) is 0 Å². The van der Waals surface area contributed by atoms with E-state index in [1.807, 2.05) is 6.92 Å². The highest BCUT2D eigenvalue weighted by molar-refractivity contribution is 5.08. The van der Waals surface area contributed by atoms with Crippen LogP contribution in [0.15, 0.2) is 0 Å². The molecule has 3 unspecified atom stereocenters. The van der Waals surface area contributed by atoms with E-state index in [9.17, 15) is 15.3 Å². The highest BCUT2D eigenvalue weighted by atomic mass is 16.4. The smallest absolute Gasteiger partial charge is 0.119 e. The van der Waals surface area contributed by atoms with E-state index in [4.69, 9.17) is 0 Å². The van der Waals surface area contributed by atoms with Gasteiger partial charge in [-0.15, -0.1) is 0 Å². The predicted molar refractivity (Wildman–Crippen MR) is 50.3 cm³/mol. The van der Waals surface area contributed by atoms with Gasteiger partial charge in [0.25, 0.3) is 0 Å². The third-order valence-corrected chi connectivity index (χ3v) is 3.39. The van der Waals surface area contributed by atoms with Crippen molar-refractivity contribution >= 4 is 0 Å². The van der Waals surface area contributed by atoms with Crippen LogP contribution < -0.4 is 0 Å². The number of hydrogen-bond donors (Lipinski definition) is 3. The van der Waals surface area contributed by atoms with E-state index in [0.29, 0.717) is 25.7 Å². The molecule has 0 aromatic carbocycles. The van der Waals surface area contributed by atoms with E-state index in [1.165, 1.54) is 0 Å². The lowest BCUT2D eigenvalue weighted by molar-refractivity contribution is -0.173.